The molecule has 0 atom stereocenters. The average Bonchev–Trinajstić information content (AvgIpc) is 2.53. The number of amides is 1. The minimum absolute atomic E-state index is 0.0517. The number of hydrogen-bond acceptors (Lipinski definition) is 3. The Labute approximate surface area is 137 Å². The van der Waals surface area contributed by atoms with E-state index in [4.69, 9.17) is 0 Å². The molecule has 0 saturated heterocycles. The largest absolute Gasteiger partial charge is 0.416 e. The molecule has 8 heteroatoms. The summed E-state index contributed by atoms with van der Waals surface area (Å²) in [5.41, 5.74) is -0.0866. The van der Waals surface area contributed by atoms with Gasteiger partial charge in [0.1, 0.15) is 0 Å². The predicted octanol–water partition coefficient (Wildman–Crippen LogP) is 3.14. The molecule has 4 nitrogen and oxygen atoms in total. The summed E-state index contributed by atoms with van der Waals surface area (Å²) >= 11 is 0. The highest BCUT2D eigenvalue weighted by Crippen LogP contribution is 2.29. The van der Waals surface area contributed by atoms with Crippen molar-refractivity contribution >= 4 is 15.9 Å². The van der Waals surface area contributed by atoms with Gasteiger partial charge in [-0.3, -0.25) is 4.79 Å². The Kier molecular flexibility index (Phi) is 5.28. The number of rotatable bonds is 5. The van der Waals surface area contributed by atoms with E-state index >= 15 is 0 Å². The molecule has 1 amide bonds. The Morgan fingerprint density at radius 1 is 0.958 bits per heavy atom. The topological polar surface area (TPSA) is 63.2 Å². The van der Waals surface area contributed by atoms with Crippen LogP contribution in [0.4, 0.5) is 13.2 Å². The third kappa shape index (κ3) is 4.82. The molecule has 24 heavy (non-hydrogen) atoms. The minimum atomic E-state index is -4.55. The van der Waals surface area contributed by atoms with Crippen molar-refractivity contribution in [3.05, 3.63) is 65.7 Å². The average molecular weight is 357 g/mol. The first-order chi connectivity index (χ1) is 11.2. The van der Waals surface area contributed by atoms with Crippen LogP contribution in [0.2, 0.25) is 0 Å². The van der Waals surface area contributed by atoms with Gasteiger partial charge in [0.2, 0.25) is 5.91 Å². The number of benzene rings is 2. The normalized spacial score (nSPS) is 12.0. The lowest BCUT2D eigenvalue weighted by atomic mass is 10.1. The van der Waals surface area contributed by atoms with Crippen molar-refractivity contribution < 1.29 is 26.4 Å². The highest BCUT2D eigenvalue weighted by Gasteiger charge is 2.30. The van der Waals surface area contributed by atoms with Crippen LogP contribution in [0.1, 0.15) is 17.5 Å². The molecular formula is C16H14F3NO3S. The third-order valence-electron chi connectivity index (χ3n) is 3.22. The molecule has 0 radical (unpaired) electrons. The number of halogens is 3. The number of hydrogen-bond donors (Lipinski definition) is 1. The fraction of sp³-hybridized carbons (Fsp3) is 0.188. The van der Waals surface area contributed by atoms with E-state index in [1.54, 1.807) is 24.3 Å². The smallest absolute Gasteiger partial charge is 0.274 e. The van der Waals surface area contributed by atoms with Gasteiger partial charge in [-0.2, -0.15) is 13.2 Å². The van der Waals surface area contributed by atoms with Crippen LogP contribution in [0, 0.1) is 0 Å². The summed E-state index contributed by atoms with van der Waals surface area (Å²) in [6, 6.07) is 12.0. The van der Waals surface area contributed by atoms with Crippen molar-refractivity contribution in [2.45, 2.75) is 23.9 Å². The van der Waals surface area contributed by atoms with Crippen LogP contribution in [0.3, 0.4) is 0 Å². The Morgan fingerprint density at radius 2 is 1.54 bits per heavy atom. The van der Waals surface area contributed by atoms with E-state index in [1.807, 2.05) is 10.8 Å². The molecule has 0 bridgehead atoms. The maximum Gasteiger partial charge on any atom is 0.416 e. The fourth-order valence-electron chi connectivity index (χ4n) is 1.99. The van der Waals surface area contributed by atoms with Gasteiger partial charge in [-0.25, -0.2) is 13.1 Å². The molecule has 2 aromatic carbocycles. The van der Waals surface area contributed by atoms with Gasteiger partial charge >= 0.3 is 6.18 Å². The summed E-state index contributed by atoms with van der Waals surface area (Å²) in [6.07, 6.45) is -4.25. The molecule has 0 saturated carbocycles. The number of alkyl halides is 3. The van der Waals surface area contributed by atoms with Crippen LogP contribution in [0.15, 0.2) is 59.5 Å². The SMILES string of the molecule is O=C(CCc1ccccc1)NS(=O)(=O)c1ccc(C(F)(F)F)cc1. The summed E-state index contributed by atoms with van der Waals surface area (Å²) in [6.45, 7) is 0. The molecule has 2 rings (SSSR count). The number of carbonyl (C=O) groups excluding carboxylic acids is 1. The molecule has 2 aromatic rings. The summed E-state index contributed by atoms with van der Waals surface area (Å²) in [5.74, 6) is -0.723. The van der Waals surface area contributed by atoms with Crippen molar-refractivity contribution in [1.82, 2.24) is 4.72 Å². The minimum Gasteiger partial charge on any atom is -0.274 e. The van der Waals surface area contributed by atoms with Gasteiger partial charge < -0.3 is 0 Å². The molecule has 0 spiro atoms. The first-order valence-corrected chi connectivity index (χ1v) is 8.43. The van der Waals surface area contributed by atoms with Gasteiger partial charge in [0.05, 0.1) is 10.5 Å². The molecule has 0 aliphatic carbocycles. The monoisotopic (exact) mass is 357 g/mol. The first-order valence-electron chi connectivity index (χ1n) is 6.95. The number of carbonyl (C=O) groups is 1. The summed E-state index contributed by atoms with van der Waals surface area (Å²) in [7, 11) is -4.19. The Bertz CT molecular complexity index is 801. The van der Waals surface area contributed by atoms with Crippen molar-refractivity contribution in [2.75, 3.05) is 0 Å². The number of nitrogens with one attached hydrogen (secondary N) is 1. The molecule has 0 aliphatic rings. The lowest BCUT2D eigenvalue weighted by Crippen LogP contribution is -2.30. The van der Waals surface area contributed by atoms with Crippen LogP contribution in [0.25, 0.3) is 0 Å². The van der Waals surface area contributed by atoms with Gasteiger partial charge in [0.25, 0.3) is 10.0 Å². The Hall–Kier alpha value is -2.35. The summed E-state index contributed by atoms with van der Waals surface area (Å²) in [4.78, 5) is 11.4. The number of aryl methyl sites for hydroxylation is 1. The molecule has 0 heterocycles. The quantitative estimate of drug-likeness (QED) is 0.894. The van der Waals surface area contributed by atoms with E-state index in [2.05, 4.69) is 0 Å². The standard InChI is InChI=1S/C16H14F3NO3S/c17-16(18,19)13-7-9-14(10-8-13)24(22,23)20-15(21)11-6-12-4-2-1-3-5-12/h1-5,7-10H,6,11H2,(H,20,21). The zero-order valence-corrected chi connectivity index (χ0v) is 13.2. The second-order valence-electron chi connectivity index (χ2n) is 5.04. The van der Waals surface area contributed by atoms with Crippen molar-refractivity contribution in [1.29, 1.82) is 0 Å². The molecule has 1 N–H and O–H groups in total. The van der Waals surface area contributed by atoms with E-state index in [9.17, 15) is 26.4 Å². The summed E-state index contributed by atoms with van der Waals surface area (Å²) < 4.78 is 63.3. The second-order valence-corrected chi connectivity index (χ2v) is 6.72. The Morgan fingerprint density at radius 3 is 2.08 bits per heavy atom. The third-order valence-corrected chi connectivity index (χ3v) is 4.61. The highest BCUT2D eigenvalue weighted by molar-refractivity contribution is 7.90. The molecule has 0 fully saturated rings. The van der Waals surface area contributed by atoms with Crippen LogP contribution in [-0.2, 0) is 27.4 Å². The van der Waals surface area contributed by atoms with E-state index < -0.39 is 32.6 Å². The second kappa shape index (κ2) is 7.04. The van der Waals surface area contributed by atoms with E-state index in [0.717, 1.165) is 17.7 Å². The van der Waals surface area contributed by atoms with Crippen molar-refractivity contribution in [3.8, 4) is 0 Å². The molecular weight excluding hydrogens is 343 g/mol. The fourth-order valence-corrected chi connectivity index (χ4v) is 3.00. The van der Waals surface area contributed by atoms with E-state index in [0.29, 0.717) is 18.6 Å². The van der Waals surface area contributed by atoms with Gasteiger partial charge in [0.15, 0.2) is 0 Å². The first kappa shape index (κ1) is 18.0. The lowest BCUT2D eigenvalue weighted by Gasteiger charge is -2.09. The van der Waals surface area contributed by atoms with Gasteiger partial charge in [-0.05, 0) is 36.2 Å². The maximum atomic E-state index is 12.5. The van der Waals surface area contributed by atoms with Crippen molar-refractivity contribution in [3.63, 3.8) is 0 Å². The zero-order valence-electron chi connectivity index (χ0n) is 12.4. The van der Waals surface area contributed by atoms with Crippen LogP contribution >= 0.6 is 0 Å². The predicted molar refractivity (Wildman–Crippen MR) is 81.5 cm³/mol. The molecule has 0 unspecified atom stereocenters. The van der Waals surface area contributed by atoms with Crippen LogP contribution in [-0.4, -0.2) is 14.3 Å². The zero-order chi connectivity index (χ0) is 17.8. The van der Waals surface area contributed by atoms with Gasteiger partial charge in [-0.15, -0.1) is 0 Å². The van der Waals surface area contributed by atoms with Crippen molar-refractivity contribution in [2.24, 2.45) is 0 Å². The summed E-state index contributed by atoms with van der Waals surface area (Å²) in [5, 5.41) is 0. The molecule has 0 aromatic heterocycles. The Balaban J connectivity index is 2.01. The molecule has 128 valence electrons. The maximum absolute atomic E-state index is 12.5. The highest BCUT2D eigenvalue weighted by atomic mass is 32.2. The van der Waals surface area contributed by atoms with Gasteiger partial charge in [0, 0.05) is 6.42 Å². The van der Waals surface area contributed by atoms with Gasteiger partial charge in [-0.1, -0.05) is 30.3 Å². The van der Waals surface area contributed by atoms with E-state index in [-0.39, 0.29) is 6.42 Å². The lowest BCUT2D eigenvalue weighted by molar-refractivity contribution is -0.137. The molecule has 0 aliphatic heterocycles. The van der Waals surface area contributed by atoms with E-state index in [1.165, 1.54) is 0 Å². The van der Waals surface area contributed by atoms with Crippen LogP contribution < -0.4 is 4.72 Å². The number of sulfonamides is 1. The van der Waals surface area contributed by atoms with Crippen LogP contribution in [0.5, 0.6) is 0 Å².